The molecule has 0 spiro atoms. The summed E-state index contributed by atoms with van der Waals surface area (Å²) in [6, 6.07) is 0.0992. The molecule has 2 aromatic heterocycles. The lowest BCUT2D eigenvalue weighted by atomic mass is 10.2. The smallest absolute Gasteiger partial charge is 0.220 e. The minimum Gasteiger partial charge on any atom is -0.352 e. The van der Waals surface area contributed by atoms with Crippen LogP contribution < -0.4 is 5.32 Å². The Bertz CT molecular complexity index is 466. The quantitative estimate of drug-likeness (QED) is 0.859. The van der Waals surface area contributed by atoms with Crippen LogP contribution in [0, 0.1) is 0 Å². The molecule has 0 radical (unpaired) electrons. The number of nitrogens with zero attached hydrogens (tertiary/aromatic N) is 3. The van der Waals surface area contributed by atoms with Gasteiger partial charge < -0.3 is 9.88 Å². The van der Waals surface area contributed by atoms with E-state index in [9.17, 15) is 4.79 Å². The predicted octanol–water partition coefficient (Wildman–Crippen LogP) is 1.48. The number of thiazole rings is 1. The van der Waals surface area contributed by atoms with E-state index in [0.717, 1.165) is 12.2 Å². The van der Waals surface area contributed by atoms with E-state index in [1.807, 2.05) is 23.1 Å². The van der Waals surface area contributed by atoms with Crippen LogP contribution in [0.4, 0.5) is 0 Å². The summed E-state index contributed by atoms with van der Waals surface area (Å²) < 4.78 is 1.95. The first-order valence-electron chi connectivity index (χ1n) is 5.86. The zero-order valence-corrected chi connectivity index (χ0v) is 11.1. The van der Waals surface area contributed by atoms with Crippen molar-refractivity contribution < 1.29 is 4.79 Å². The normalized spacial score (nSPS) is 12.3. The largest absolute Gasteiger partial charge is 0.352 e. The van der Waals surface area contributed by atoms with Crippen LogP contribution in [0.15, 0.2) is 29.6 Å². The predicted molar refractivity (Wildman–Crippen MR) is 70.3 cm³/mol. The topological polar surface area (TPSA) is 59.8 Å². The molecule has 18 heavy (non-hydrogen) atoms. The fourth-order valence-electron chi connectivity index (χ4n) is 1.71. The Hall–Kier alpha value is -1.69. The van der Waals surface area contributed by atoms with Gasteiger partial charge in [0.05, 0.1) is 17.5 Å². The molecule has 2 rings (SSSR count). The van der Waals surface area contributed by atoms with Gasteiger partial charge in [0.25, 0.3) is 0 Å². The van der Waals surface area contributed by atoms with E-state index < -0.39 is 0 Å². The standard InChI is InChI=1S/C12H16N4OS/c1-10(6-16-5-4-13-8-16)15-12(17)3-2-11-7-18-9-14-11/h4-5,7-10H,2-3,6H2,1H3,(H,15,17). The highest BCUT2D eigenvalue weighted by Crippen LogP contribution is 2.04. The van der Waals surface area contributed by atoms with Gasteiger partial charge in [0, 0.05) is 36.8 Å². The Kier molecular flexibility index (Phi) is 4.46. The first-order chi connectivity index (χ1) is 8.74. The van der Waals surface area contributed by atoms with Crippen LogP contribution >= 0.6 is 11.3 Å². The highest BCUT2D eigenvalue weighted by atomic mass is 32.1. The molecule has 0 aliphatic heterocycles. The van der Waals surface area contributed by atoms with Gasteiger partial charge in [-0.15, -0.1) is 11.3 Å². The molecule has 1 unspecified atom stereocenters. The molecule has 1 atom stereocenters. The number of nitrogens with one attached hydrogen (secondary N) is 1. The van der Waals surface area contributed by atoms with Gasteiger partial charge in [0.2, 0.25) is 5.91 Å². The van der Waals surface area contributed by atoms with Gasteiger partial charge in [0.15, 0.2) is 0 Å². The zero-order chi connectivity index (χ0) is 12.8. The summed E-state index contributed by atoms with van der Waals surface area (Å²) in [5, 5.41) is 4.94. The number of aromatic nitrogens is 3. The first-order valence-corrected chi connectivity index (χ1v) is 6.80. The molecule has 0 aromatic carbocycles. The van der Waals surface area contributed by atoms with E-state index in [4.69, 9.17) is 0 Å². The van der Waals surface area contributed by atoms with Crippen LogP contribution in [0.25, 0.3) is 0 Å². The number of carbonyl (C=O) groups is 1. The van der Waals surface area contributed by atoms with Crippen molar-refractivity contribution in [1.82, 2.24) is 19.9 Å². The van der Waals surface area contributed by atoms with Crippen molar-refractivity contribution in [2.45, 2.75) is 32.4 Å². The lowest BCUT2D eigenvalue weighted by molar-refractivity contribution is -0.121. The van der Waals surface area contributed by atoms with E-state index in [0.29, 0.717) is 12.8 Å². The number of aryl methyl sites for hydroxylation is 1. The van der Waals surface area contributed by atoms with Crippen molar-refractivity contribution in [1.29, 1.82) is 0 Å². The van der Waals surface area contributed by atoms with Crippen molar-refractivity contribution in [3.05, 3.63) is 35.3 Å². The number of rotatable bonds is 6. The molecular weight excluding hydrogens is 248 g/mol. The summed E-state index contributed by atoms with van der Waals surface area (Å²) in [6.45, 7) is 2.73. The molecule has 1 amide bonds. The summed E-state index contributed by atoms with van der Waals surface area (Å²) >= 11 is 1.55. The molecule has 0 aliphatic rings. The summed E-state index contributed by atoms with van der Waals surface area (Å²) in [5.74, 6) is 0.0654. The van der Waals surface area contributed by atoms with Crippen molar-refractivity contribution in [2.24, 2.45) is 0 Å². The van der Waals surface area contributed by atoms with E-state index in [-0.39, 0.29) is 11.9 Å². The van der Waals surface area contributed by atoms with Gasteiger partial charge in [-0.2, -0.15) is 0 Å². The molecule has 2 heterocycles. The van der Waals surface area contributed by atoms with Gasteiger partial charge in [-0.25, -0.2) is 9.97 Å². The molecule has 0 aliphatic carbocycles. The van der Waals surface area contributed by atoms with Gasteiger partial charge in [-0.1, -0.05) is 0 Å². The summed E-state index contributed by atoms with van der Waals surface area (Å²) in [6.07, 6.45) is 6.55. The van der Waals surface area contributed by atoms with Crippen LogP contribution in [0.5, 0.6) is 0 Å². The van der Waals surface area contributed by atoms with Crippen LogP contribution in [-0.2, 0) is 17.8 Å². The van der Waals surface area contributed by atoms with Crippen molar-refractivity contribution in [3.8, 4) is 0 Å². The molecule has 1 N–H and O–H groups in total. The minimum atomic E-state index is 0.0654. The fourth-order valence-corrected chi connectivity index (χ4v) is 2.30. The van der Waals surface area contributed by atoms with Crippen LogP contribution in [-0.4, -0.2) is 26.5 Å². The SMILES string of the molecule is CC(Cn1ccnc1)NC(=O)CCc1cscn1. The number of imidazole rings is 1. The Balaban J connectivity index is 1.70. The Morgan fingerprint density at radius 2 is 2.50 bits per heavy atom. The summed E-state index contributed by atoms with van der Waals surface area (Å²) in [5.41, 5.74) is 2.77. The lowest BCUT2D eigenvalue weighted by Crippen LogP contribution is -2.35. The average molecular weight is 264 g/mol. The lowest BCUT2D eigenvalue weighted by Gasteiger charge is -2.14. The van der Waals surface area contributed by atoms with E-state index >= 15 is 0 Å². The molecule has 6 heteroatoms. The number of carbonyl (C=O) groups excluding carboxylic acids is 1. The van der Waals surface area contributed by atoms with Crippen LogP contribution in [0.3, 0.4) is 0 Å². The van der Waals surface area contributed by atoms with Crippen molar-refractivity contribution in [2.75, 3.05) is 0 Å². The molecule has 0 saturated heterocycles. The van der Waals surface area contributed by atoms with Crippen molar-refractivity contribution >= 4 is 17.2 Å². The minimum absolute atomic E-state index is 0.0654. The average Bonchev–Trinajstić information content (AvgIpc) is 2.98. The fraction of sp³-hybridized carbons (Fsp3) is 0.417. The van der Waals surface area contributed by atoms with Gasteiger partial charge in [-0.05, 0) is 13.3 Å². The molecule has 96 valence electrons. The first kappa shape index (κ1) is 12.8. The van der Waals surface area contributed by atoms with Crippen LogP contribution in [0.2, 0.25) is 0 Å². The molecule has 0 fully saturated rings. The maximum Gasteiger partial charge on any atom is 0.220 e. The third-order valence-electron chi connectivity index (χ3n) is 2.54. The zero-order valence-electron chi connectivity index (χ0n) is 10.2. The molecule has 2 aromatic rings. The third kappa shape index (κ3) is 3.96. The number of amides is 1. The second-order valence-electron chi connectivity index (χ2n) is 4.21. The second kappa shape index (κ2) is 6.30. The maximum absolute atomic E-state index is 11.7. The maximum atomic E-state index is 11.7. The van der Waals surface area contributed by atoms with E-state index in [1.165, 1.54) is 0 Å². The molecule has 0 bridgehead atoms. The number of hydrogen-bond acceptors (Lipinski definition) is 4. The highest BCUT2D eigenvalue weighted by molar-refractivity contribution is 7.07. The molecule has 5 nitrogen and oxygen atoms in total. The van der Waals surface area contributed by atoms with Gasteiger partial charge >= 0.3 is 0 Å². The summed E-state index contributed by atoms with van der Waals surface area (Å²) in [7, 11) is 0. The Labute approximate surface area is 110 Å². The number of hydrogen-bond donors (Lipinski definition) is 1. The monoisotopic (exact) mass is 264 g/mol. The summed E-state index contributed by atoms with van der Waals surface area (Å²) in [4.78, 5) is 19.8. The third-order valence-corrected chi connectivity index (χ3v) is 3.18. The molecule has 0 saturated carbocycles. The van der Waals surface area contributed by atoms with Crippen LogP contribution in [0.1, 0.15) is 19.0 Å². The van der Waals surface area contributed by atoms with Gasteiger partial charge in [0.1, 0.15) is 0 Å². The van der Waals surface area contributed by atoms with Gasteiger partial charge in [-0.3, -0.25) is 4.79 Å². The second-order valence-corrected chi connectivity index (χ2v) is 4.93. The molecular formula is C12H16N4OS. The van der Waals surface area contributed by atoms with E-state index in [2.05, 4.69) is 15.3 Å². The van der Waals surface area contributed by atoms with Crippen molar-refractivity contribution in [3.63, 3.8) is 0 Å². The Morgan fingerprint density at radius 1 is 1.61 bits per heavy atom. The van der Waals surface area contributed by atoms with E-state index in [1.54, 1.807) is 29.4 Å². The highest BCUT2D eigenvalue weighted by Gasteiger charge is 2.08. The Morgan fingerprint density at radius 3 is 3.17 bits per heavy atom.